The number of anilines is 1. The van der Waals surface area contributed by atoms with Gasteiger partial charge >= 0.3 is 11.4 Å². The van der Waals surface area contributed by atoms with Crippen molar-refractivity contribution in [1.82, 2.24) is 43.5 Å². The first-order chi connectivity index (χ1) is 31.7. The first-order valence-electron chi connectivity index (χ1n) is 22.8. The van der Waals surface area contributed by atoms with Gasteiger partial charge in [0.25, 0.3) is 5.91 Å². The molecule has 0 bridgehead atoms. The standard InChI is InChI=1S/C48H54FN10O6P/c1-8-66(63,9-2)42-37(50-7)24-35(26-51-42)56-16-17-57(47(56)62)43-40-30(6)55(15-12-36(40)53-59(43)34-20-27(3)41(49)28(4)21-34)44(60)39-23-33-22-32(31-13-18-64-19-14-31)10-11-38(33)58(39)48(25-29(48)5)45-52-46(61)65-54-45/h10-11,16-17,20-24,26,29-31,50H,8-9,12-15,18-19,25H2,1-7H3,(H,52,54,61)/t29-,30-,48-/m0/s1. The summed E-state index contributed by atoms with van der Waals surface area (Å²) in [7, 11) is -1.02. The van der Waals surface area contributed by atoms with Crippen LogP contribution in [0.2, 0.25) is 0 Å². The Bertz CT molecular complexity index is 3210. The van der Waals surface area contributed by atoms with E-state index in [1.54, 1.807) is 62.4 Å². The van der Waals surface area contributed by atoms with E-state index in [2.05, 4.69) is 45.6 Å². The number of fused-ring (bicyclic) bond motifs is 2. The topological polar surface area (TPSA) is 180 Å². The molecule has 66 heavy (non-hydrogen) atoms. The number of carbonyl (C=O) groups is 1. The van der Waals surface area contributed by atoms with Crippen LogP contribution in [0, 0.1) is 25.6 Å². The Labute approximate surface area is 380 Å². The van der Waals surface area contributed by atoms with Gasteiger partial charge < -0.3 is 24.1 Å². The first kappa shape index (κ1) is 43.6. The smallest absolute Gasteiger partial charge is 0.386 e. The van der Waals surface area contributed by atoms with Crippen LogP contribution >= 0.6 is 7.14 Å². The number of ether oxygens (including phenoxy) is 1. The predicted molar refractivity (Wildman–Crippen MR) is 249 cm³/mol. The number of hydrogen-bond donors (Lipinski definition) is 2. The molecule has 18 heteroatoms. The highest BCUT2D eigenvalue weighted by atomic mass is 31.2. The van der Waals surface area contributed by atoms with Crippen molar-refractivity contribution in [3.05, 3.63) is 127 Å². The van der Waals surface area contributed by atoms with Crippen molar-refractivity contribution < 1.29 is 23.0 Å². The first-order valence-corrected chi connectivity index (χ1v) is 24.9. The number of nitrogens with zero attached hydrogens (tertiary/aromatic N) is 8. The molecule has 0 radical (unpaired) electrons. The molecular formula is C48H54FN10O6P. The van der Waals surface area contributed by atoms with Gasteiger partial charge in [0, 0.05) is 74.4 Å². The number of H-pyrrole nitrogens is 1. The number of benzene rings is 2. The SMILES string of the molecule is CCP(=O)(CC)c1ncc(-n2ccn(-c3c4c(nn3-c3cc(C)c(F)c(C)c3)CCN(C(=O)c3cc5cc(C6CCOCC6)ccc5n3[C@@]3(c5noc(=O)[nH]5)C[C@@H]3C)[C@H]4C)c2=O)cc1NC. The third-order valence-corrected chi connectivity index (χ3v) is 17.6. The van der Waals surface area contributed by atoms with Gasteiger partial charge in [0.1, 0.15) is 35.4 Å². The van der Waals surface area contributed by atoms with Crippen LogP contribution < -0.4 is 22.2 Å². The molecular weight excluding hydrogens is 863 g/mol. The van der Waals surface area contributed by atoms with E-state index in [4.69, 9.17) is 14.4 Å². The zero-order chi connectivity index (χ0) is 46.4. The molecule has 10 rings (SSSR count). The minimum Gasteiger partial charge on any atom is -0.386 e. The number of aryl methyl sites for hydroxylation is 2. The third-order valence-electron chi connectivity index (χ3n) is 14.4. The molecule has 1 amide bonds. The van der Waals surface area contributed by atoms with Crippen LogP contribution in [-0.4, -0.2) is 88.5 Å². The van der Waals surface area contributed by atoms with Gasteiger partial charge in [0.05, 0.1) is 35.0 Å². The number of nitrogens with one attached hydrogen (secondary N) is 2. The van der Waals surface area contributed by atoms with E-state index < -0.39 is 30.2 Å². The third kappa shape index (κ3) is 6.75. The summed E-state index contributed by atoms with van der Waals surface area (Å²) in [6.45, 7) is 12.9. The molecule has 16 nitrogen and oxygen atoms in total. The van der Waals surface area contributed by atoms with Gasteiger partial charge in [0.15, 0.2) is 5.82 Å². The average Bonchev–Trinajstić information content (AvgIpc) is 3.82. The highest BCUT2D eigenvalue weighted by molar-refractivity contribution is 7.71. The maximum atomic E-state index is 15.5. The Hall–Kier alpha value is -6.32. The lowest BCUT2D eigenvalue weighted by molar-refractivity contribution is 0.0663. The fourth-order valence-electron chi connectivity index (χ4n) is 10.6. The molecule has 2 N–H and O–H groups in total. The lowest BCUT2D eigenvalue weighted by atomic mass is 9.91. The van der Waals surface area contributed by atoms with E-state index in [0.29, 0.717) is 113 Å². The molecule has 344 valence electrons. The molecule has 5 aromatic heterocycles. The van der Waals surface area contributed by atoms with Crippen molar-refractivity contribution in [2.24, 2.45) is 5.92 Å². The monoisotopic (exact) mass is 916 g/mol. The van der Waals surface area contributed by atoms with Crippen LogP contribution in [0.4, 0.5) is 10.1 Å². The van der Waals surface area contributed by atoms with Crippen LogP contribution in [0.1, 0.15) is 103 Å². The number of halogens is 1. The van der Waals surface area contributed by atoms with E-state index in [9.17, 15) is 14.2 Å². The van der Waals surface area contributed by atoms with Crippen molar-refractivity contribution in [3.8, 4) is 17.2 Å². The highest BCUT2D eigenvalue weighted by Crippen LogP contribution is 2.56. The van der Waals surface area contributed by atoms with Crippen molar-refractivity contribution >= 4 is 35.1 Å². The minimum atomic E-state index is -2.76. The van der Waals surface area contributed by atoms with E-state index >= 15 is 9.18 Å². The molecule has 1 saturated heterocycles. The Balaban J connectivity index is 1.11. The van der Waals surface area contributed by atoms with Gasteiger partial charge in [-0.3, -0.25) is 23.4 Å². The predicted octanol–water partition coefficient (Wildman–Crippen LogP) is 7.10. The summed E-state index contributed by atoms with van der Waals surface area (Å²) in [4.78, 5) is 52.0. The van der Waals surface area contributed by atoms with Gasteiger partial charge in [-0.2, -0.15) is 5.10 Å². The lowest BCUT2D eigenvalue weighted by Gasteiger charge is -2.34. The summed E-state index contributed by atoms with van der Waals surface area (Å²) in [5.74, 6) is -0.105. The summed E-state index contributed by atoms with van der Waals surface area (Å²) >= 11 is 0. The number of rotatable bonds is 11. The second-order valence-corrected chi connectivity index (χ2v) is 21.6. The Morgan fingerprint density at radius 2 is 1.71 bits per heavy atom. The average molecular weight is 917 g/mol. The van der Waals surface area contributed by atoms with Crippen molar-refractivity contribution in [2.45, 2.75) is 84.7 Å². The Morgan fingerprint density at radius 1 is 1.00 bits per heavy atom. The minimum absolute atomic E-state index is 0.0164. The number of amides is 1. The van der Waals surface area contributed by atoms with Gasteiger partial charge in [-0.1, -0.05) is 32.0 Å². The van der Waals surface area contributed by atoms with E-state index in [0.717, 1.165) is 23.7 Å². The van der Waals surface area contributed by atoms with Crippen LogP contribution in [0.3, 0.4) is 0 Å². The van der Waals surface area contributed by atoms with Gasteiger partial charge in [-0.25, -0.2) is 23.6 Å². The number of imidazole rings is 1. The van der Waals surface area contributed by atoms with Crippen molar-refractivity contribution in [2.75, 3.05) is 44.4 Å². The van der Waals surface area contributed by atoms with Gasteiger partial charge in [-0.05, 0) is 105 Å². The largest absolute Gasteiger partial charge is 0.438 e. The molecule has 0 spiro atoms. The molecule has 1 aliphatic carbocycles. The van der Waals surface area contributed by atoms with E-state index in [1.807, 2.05) is 36.3 Å². The zero-order valence-corrected chi connectivity index (χ0v) is 39.1. The summed E-state index contributed by atoms with van der Waals surface area (Å²) < 4.78 is 46.4. The fraction of sp³-hybridized carbons (Fsp3) is 0.417. The normalized spacial score (nSPS) is 20.0. The number of aromatic nitrogens is 8. The lowest BCUT2D eigenvalue weighted by Crippen LogP contribution is -2.41. The van der Waals surface area contributed by atoms with Gasteiger partial charge in [-0.15, -0.1) is 0 Å². The summed E-state index contributed by atoms with van der Waals surface area (Å²) in [5, 5.41) is 13.3. The summed E-state index contributed by atoms with van der Waals surface area (Å²) in [6, 6.07) is 12.9. The molecule has 3 atom stereocenters. The van der Waals surface area contributed by atoms with Crippen molar-refractivity contribution in [3.63, 3.8) is 0 Å². The number of pyridine rings is 1. The second kappa shape index (κ2) is 16.2. The highest BCUT2D eigenvalue weighted by Gasteiger charge is 2.59. The molecule has 3 aliphatic rings. The molecule has 7 aromatic rings. The molecule has 2 aromatic carbocycles. The van der Waals surface area contributed by atoms with Gasteiger partial charge in [0.2, 0.25) is 0 Å². The maximum absolute atomic E-state index is 15.5. The summed E-state index contributed by atoms with van der Waals surface area (Å²) in [6.07, 6.45) is 8.61. The quantitative estimate of drug-likeness (QED) is 0.127. The molecule has 7 heterocycles. The maximum Gasteiger partial charge on any atom is 0.438 e. The fourth-order valence-corrected chi connectivity index (χ4v) is 12.5. The zero-order valence-electron chi connectivity index (χ0n) is 38.2. The number of carbonyl (C=O) groups excluding carboxylic acids is 1. The van der Waals surface area contributed by atoms with Crippen LogP contribution in [0.15, 0.2) is 75.2 Å². The number of hydrogen-bond acceptors (Lipinski definition) is 10. The van der Waals surface area contributed by atoms with Crippen LogP contribution in [0.25, 0.3) is 28.1 Å². The van der Waals surface area contributed by atoms with Crippen LogP contribution in [-0.2, 0) is 21.3 Å². The Kier molecular flexibility index (Phi) is 10.7. The molecule has 0 unspecified atom stereocenters. The number of aromatic amines is 1. The molecule has 2 aliphatic heterocycles. The van der Waals surface area contributed by atoms with Crippen LogP contribution in [0.5, 0.6) is 0 Å². The van der Waals surface area contributed by atoms with E-state index in [1.165, 1.54) is 14.7 Å². The summed E-state index contributed by atoms with van der Waals surface area (Å²) in [5.41, 5.74) is 5.52. The molecule has 2 fully saturated rings. The van der Waals surface area contributed by atoms with Crippen molar-refractivity contribution in [1.29, 1.82) is 0 Å². The second-order valence-electron chi connectivity index (χ2n) is 18.1. The van der Waals surface area contributed by atoms with E-state index in [-0.39, 0.29) is 17.6 Å². The molecule has 1 saturated carbocycles. The Morgan fingerprint density at radius 3 is 2.36 bits per heavy atom.